The van der Waals surface area contributed by atoms with E-state index in [0.29, 0.717) is 18.5 Å². The Morgan fingerprint density at radius 2 is 1.86 bits per heavy atom. The molecule has 1 N–H and O–H groups in total. The lowest BCUT2D eigenvalue weighted by Gasteiger charge is -2.33. The van der Waals surface area contributed by atoms with Gasteiger partial charge in [-0.05, 0) is 24.1 Å². The van der Waals surface area contributed by atoms with E-state index in [4.69, 9.17) is 4.74 Å². The minimum absolute atomic E-state index is 0.0254. The predicted molar refractivity (Wildman–Crippen MR) is 109 cm³/mol. The van der Waals surface area contributed by atoms with Gasteiger partial charge in [-0.2, -0.15) is 0 Å². The molecule has 1 saturated heterocycles. The molecule has 0 aliphatic carbocycles. The first-order valence-corrected chi connectivity index (χ1v) is 9.96. The average Bonchev–Trinajstić information content (AvgIpc) is 2.65. The number of ether oxygens (including phenoxy) is 1. The monoisotopic (exact) mass is 386 g/mol. The number of carbonyl (C=O) groups is 3. The van der Waals surface area contributed by atoms with Crippen LogP contribution < -0.4 is 5.32 Å². The highest BCUT2D eigenvalue weighted by molar-refractivity contribution is 5.92. The van der Waals surface area contributed by atoms with Gasteiger partial charge in [0.2, 0.25) is 11.8 Å². The van der Waals surface area contributed by atoms with Gasteiger partial charge in [-0.25, -0.2) is 0 Å². The van der Waals surface area contributed by atoms with Crippen LogP contribution in [0.5, 0.6) is 0 Å². The Balaban J connectivity index is 1.64. The van der Waals surface area contributed by atoms with Crippen LogP contribution in [0.3, 0.4) is 0 Å². The van der Waals surface area contributed by atoms with Crippen LogP contribution in [0, 0.1) is 0 Å². The normalized spacial score (nSPS) is 13.2. The fourth-order valence-corrected chi connectivity index (χ4v) is 2.93. The number of Topliss-reactive ketones (excluding diaryl/α,β-unsaturated/α-hetero) is 1. The number of likely N-dealkylation sites (tertiary alicyclic amines) is 1. The molecule has 0 spiro atoms. The Labute approximate surface area is 166 Å². The lowest BCUT2D eigenvalue weighted by molar-refractivity contribution is -0.131. The molecule has 1 aromatic carbocycles. The third-order valence-corrected chi connectivity index (χ3v) is 4.71. The molecule has 2 amide bonds. The van der Waals surface area contributed by atoms with E-state index >= 15 is 0 Å². The Bertz CT molecular complexity index is 697. The summed E-state index contributed by atoms with van der Waals surface area (Å²) in [6.07, 6.45) is 5.90. The molecule has 0 aromatic heterocycles. The summed E-state index contributed by atoms with van der Waals surface area (Å²) in [5.41, 5.74) is 2.38. The van der Waals surface area contributed by atoms with Gasteiger partial charge in [-0.3, -0.25) is 14.4 Å². The molecule has 1 aliphatic heterocycles. The van der Waals surface area contributed by atoms with Gasteiger partial charge in [0.25, 0.3) is 0 Å². The molecule has 0 atom stereocenters. The van der Waals surface area contributed by atoms with Crippen LogP contribution in [0.1, 0.15) is 51.0 Å². The Hall–Kier alpha value is -2.47. The number of amides is 2. The zero-order valence-electron chi connectivity index (χ0n) is 16.7. The fourth-order valence-electron chi connectivity index (χ4n) is 2.93. The van der Waals surface area contributed by atoms with E-state index < -0.39 is 0 Å². The number of nitrogens with one attached hydrogen (secondary N) is 1. The second-order valence-electron chi connectivity index (χ2n) is 7.13. The maximum atomic E-state index is 12.1. The van der Waals surface area contributed by atoms with E-state index in [0.717, 1.165) is 49.9 Å². The van der Waals surface area contributed by atoms with Crippen molar-refractivity contribution in [2.24, 2.45) is 0 Å². The molecule has 6 nitrogen and oxygen atoms in total. The minimum atomic E-state index is -0.306. The SMILES string of the molecule is C=C1CCN1C(=O)Cc1ccc(NC(=O)COCC(=O)CCCCCC)cc1. The van der Waals surface area contributed by atoms with Gasteiger partial charge in [0.15, 0.2) is 5.78 Å². The highest BCUT2D eigenvalue weighted by atomic mass is 16.5. The number of benzene rings is 1. The molecule has 0 unspecified atom stereocenters. The van der Waals surface area contributed by atoms with E-state index in [-0.39, 0.29) is 30.8 Å². The van der Waals surface area contributed by atoms with E-state index in [1.165, 1.54) is 0 Å². The highest BCUT2D eigenvalue weighted by Gasteiger charge is 2.24. The summed E-state index contributed by atoms with van der Waals surface area (Å²) in [6, 6.07) is 7.14. The molecular formula is C22H30N2O4. The summed E-state index contributed by atoms with van der Waals surface area (Å²) in [6.45, 7) is 6.52. The quantitative estimate of drug-likeness (QED) is 0.558. The maximum Gasteiger partial charge on any atom is 0.250 e. The Morgan fingerprint density at radius 3 is 2.46 bits per heavy atom. The second kappa shape index (κ2) is 11.4. The zero-order valence-corrected chi connectivity index (χ0v) is 16.7. The summed E-state index contributed by atoms with van der Waals surface area (Å²) < 4.78 is 5.20. The van der Waals surface area contributed by atoms with Crippen molar-refractivity contribution in [3.05, 3.63) is 42.1 Å². The number of hydrogen-bond donors (Lipinski definition) is 1. The van der Waals surface area contributed by atoms with Crippen molar-refractivity contribution in [2.45, 2.75) is 51.9 Å². The first-order valence-electron chi connectivity index (χ1n) is 9.96. The average molecular weight is 386 g/mol. The maximum absolute atomic E-state index is 12.1. The van der Waals surface area contributed by atoms with Crippen LogP contribution in [0.4, 0.5) is 5.69 Å². The number of anilines is 1. The van der Waals surface area contributed by atoms with Crippen molar-refractivity contribution in [1.82, 2.24) is 4.90 Å². The zero-order chi connectivity index (χ0) is 20.4. The molecule has 6 heteroatoms. The topological polar surface area (TPSA) is 75.7 Å². The van der Waals surface area contributed by atoms with Gasteiger partial charge >= 0.3 is 0 Å². The second-order valence-corrected chi connectivity index (χ2v) is 7.13. The molecule has 1 aliphatic rings. The number of carbonyl (C=O) groups excluding carboxylic acids is 3. The third kappa shape index (κ3) is 7.27. The molecule has 28 heavy (non-hydrogen) atoms. The largest absolute Gasteiger partial charge is 0.364 e. The molecule has 1 aromatic rings. The molecule has 152 valence electrons. The van der Waals surface area contributed by atoms with E-state index in [1.54, 1.807) is 17.0 Å². The van der Waals surface area contributed by atoms with Crippen molar-refractivity contribution in [3.63, 3.8) is 0 Å². The van der Waals surface area contributed by atoms with Crippen LogP contribution in [0.2, 0.25) is 0 Å². The molecule has 1 fully saturated rings. The molecule has 2 rings (SSSR count). The number of nitrogens with zero attached hydrogens (tertiary/aromatic N) is 1. The molecule has 0 radical (unpaired) electrons. The molecule has 0 bridgehead atoms. The van der Waals surface area contributed by atoms with Gasteiger partial charge in [0.05, 0.1) is 6.42 Å². The first-order chi connectivity index (χ1) is 13.5. The van der Waals surface area contributed by atoms with E-state index in [1.807, 2.05) is 12.1 Å². The predicted octanol–water partition coefficient (Wildman–Crippen LogP) is 3.47. The minimum Gasteiger partial charge on any atom is -0.364 e. The smallest absolute Gasteiger partial charge is 0.250 e. The standard InChI is InChI=1S/C22H30N2O4/c1-3-4-5-6-7-20(25)15-28-16-21(26)23-19-10-8-18(9-11-19)14-22(27)24-13-12-17(24)2/h8-11H,2-7,12-16H2,1H3,(H,23,26). The first kappa shape index (κ1) is 21.8. The van der Waals surface area contributed by atoms with Gasteiger partial charge in [0, 0.05) is 30.8 Å². The fraction of sp³-hybridized carbons (Fsp3) is 0.500. The van der Waals surface area contributed by atoms with Gasteiger partial charge < -0.3 is 15.0 Å². The summed E-state index contributed by atoms with van der Waals surface area (Å²) >= 11 is 0. The van der Waals surface area contributed by atoms with Crippen LogP contribution in [0.25, 0.3) is 0 Å². The lowest BCUT2D eigenvalue weighted by atomic mass is 10.1. The van der Waals surface area contributed by atoms with E-state index in [2.05, 4.69) is 18.8 Å². The molecule has 1 heterocycles. The van der Waals surface area contributed by atoms with Crippen LogP contribution in [-0.2, 0) is 25.5 Å². The Kier molecular flexibility index (Phi) is 8.88. The summed E-state index contributed by atoms with van der Waals surface area (Å²) in [7, 11) is 0. The van der Waals surface area contributed by atoms with Crippen molar-refractivity contribution < 1.29 is 19.1 Å². The van der Waals surface area contributed by atoms with Crippen molar-refractivity contribution in [2.75, 3.05) is 25.1 Å². The van der Waals surface area contributed by atoms with Crippen molar-refractivity contribution in [3.8, 4) is 0 Å². The van der Waals surface area contributed by atoms with Gasteiger partial charge in [-0.15, -0.1) is 0 Å². The Morgan fingerprint density at radius 1 is 1.11 bits per heavy atom. The summed E-state index contributed by atoms with van der Waals surface area (Å²) in [5.74, 6) is -0.233. The van der Waals surface area contributed by atoms with Crippen molar-refractivity contribution in [1.29, 1.82) is 0 Å². The lowest BCUT2D eigenvalue weighted by Crippen LogP contribution is -2.40. The third-order valence-electron chi connectivity index (χ3n) is 4.71. The molecular weight excluding hydrogens is 356 g/mol. The summed E-state index contributed by atoms with van der Waals surface area (Å²) in [4.78, 5) is 37.4. The summed E-state index contributed by atoms with van der Waals surface area (Å²) in [5, 5.41) is 2.72. The van der Waals surface area contributed by atoms with Crippen molar-refractivity contribution >= 4 is 23.3 Å². The number of unbranched alkanes of at least 4 members (excludes halogenated alkanes) is 3. The van der Waals surface area contributed by atoms with Crippen LogP contribution >= 0.6 is 0 Å². The highest BCUT2D eigenvalue weighted by Crippen LogP contribution is 2.21. The van der Waals surface area contributed by atoms with E-state index in [9.17, 15) is 14.4 Å². The number of hydrogen-bond acceptors (Lipinski definition) is 4. The van der Waals surface area contributed by atoms with Gasteiger partial charge in [-0.1, -0.05) is 44.9 Å². The number of rotatable bonds is 12. The van der Waals surface area contributed by atoms with Crippen LogP contribution in [0.15, 0.2) is 36.5 Å². The van der Waals surface area contributed by atoms with Crippen LogP contribution in [-0.4, -0.2) is 42.3 Å². The number of ketones is 1. The van der Waals surface area contributed by atoms with Gasteiger partial charge in [0.1, 0.15) is 13.2 Å². The molecule has 0 saturated carbocycles.